The third-order valence-corrected chi connectivity index (χ3v) is 3.94. The highest BCUT2D eigenvalue weighted by atomic mass is 35.5. The van der Waals surface area contributed by atoms with Gasteiger partial charge in [-0.15, -0.1) is 0 Å². The molecule has 0 unspecified atom stereocenters. The molecule has 0 aliphatic heterocycles. The number of carbonyl (C=O) groups is 1. The number of carbonyl (C=O) groups excluding carboxylic acids is 1. The summed E-state index contributed by atoms with van der Waals surface area (Å²) in [4.78, 5) is 16.0. The number of hydrogen-bond donors (Lipinski definition) is 0. The molecule has 0 atom stereocenters. The molecule has 0 amide bonds. The van der Waals surface area contributed by atoms with E-state index in [0.717, 1.165) is 5.56 Å². The number of halogens is 2. The average molecular weight is 360 g/mol. The zero-order valence-corrected chi connectivity index (χ0v) is 14.2. The van der Waals surface area contributed by atoms with Crippen LogP contribution in [0, 0.1) is 5.82 Å². The number of hydrogen-bond acceptors (Lipinski definition) is 4. The highest BCUT2D eigenvalue weighted by Gasteiger charge is 2.17. The van der Waals surface area contributed by atoms with Crippen molar-refractivity contribution in [2.45, 2.75) is 12.8 Å². The summed E-state index contributed by atoms with van der Waals surface area (Å²) in [6, 6.07) is 13.0. The van der Waals surface area contributed by atoms with Gasteiger partial charge in [-0.3, -0.25) is 4.79 Å². The number of nitrogens with zero attached hydrogens (tertiary/aromatic N) is 1. The molecule has 0 aliphatic carbocycles. The molecule has 4 nitrogen and oxygen atoms in total. The van der Waals surface area contributed by atoms with E-state index in [4.69, 9.17) is 16.0 Å². The Balaban J connectivity index is 1.99. The maximum absolute atomic E-state index is 13.1. The van der Waals surface area contributed by atoms with E-state index in [1.54, 1.807) is 24.3 Å². The van der Waals surface area contributed by atoms with E-state index < -0.39 is 0 Å². The Hall–Kier alpha value is -2.66. The molecule has 0 N–H and O–H groups in total. The van der Waals surface area contributed by atoms with Gasteiger partial charge in [0.2, 0.25) is 5.89 Å². The Bertz CT molecular complexity index is 873. The van der Waals surface area contributed by atoms with Crippen molar-refractivity contribution in [1.82, 2.24) is 4.98 Å². The molecule has 1 aromatic heterocycles. The quantitative estimate of drug-likeness (QED) is 0.607. The van der Waals surface area contributed by atoms with Crippen molar-refractivity contribution in [3.63, 3.8) is 0 Å². The van der Waals surface area contributed by atoms with Crippen molar-refractivity contribution in [3.8, 4) is 22.7 Å². The minimum atomic E-state index is -0.334. The first-order valence-corrected chi connectivity index (χ1v) is 8.03. The summed E-state index contributed by atoms with van der Waals surface area (Å²) in [5.41, 5.74) is 2.10. The third kappa shape index (κ3) is 4.06. The molecule has 3 aromatic rings. The highest BCUT2D eigenvalue weighted by Crippen LogP contribution is 2.30. The second kappa shape index (κ2) is 7.49. The lowest BCUT2D eigenvalue weighted by Gasteiger charge is -2.01. The van der Waals surface area contributed by atoms with Crippen LogP contribution in [0.3, 0.4) is 0 Å². The Morgan fingerprint density at radius 3 is 2.40 bits per heavy atom. The molecule has 128 valence electrons. The van der Waals surface area contributed by atoms with Gasteiger partial charge in [0.05, 0.1) is 13.5 Å². The van der Waals surface area contributed by atoms with Gasteiger partial charge in [-0.2, -0.15) is 0 Å². The van der Waals surface area contributed by atoms with Crippen LogP contribution in [0.2, 0.25) is 5.02 Å². The standard InChI is InChI=1S/C19H15ClFNO3/c1-24-17(23)11-10-16-18(12-2-6-14(20)7-3-12)22-19(25-16)13-4-8-15(21)9-5-13/h2-9H,10-11H2,1H3. The van der Waals surface area contributed by atoms with Crippen LogP contribution in [-0.4, -0.2) is 18.1 Å². The Kier molecular flexibility index (Phi) is 5.14. The van der Waals surface area contributed by atoms with E-state index in [9.17, 15) is 9.18 Å². The number of methoxy groups -OCH3 is 1. The fourth-order valence-electron chi connectivity index (χ4n) is 2.39. The predicted octanol–water partition coefficient (Wildman–Crippen LogP) is 4.91. The van der Waals surface area contributed by atoms with Crippen molar-refractivity contribution in [2.75, 3.05) is 7.11 Å². The maximum atomic E-state index is 13.1. The normalized spacial score (nSPS) is 10.7. The van der Waals surface area contributed by atoms with Gasteiger partial charge in [0, 0.05) is 22.6 Å². The van der Waals surface area contributed by atoms with Gasteiger partial charge >= 0.3 is 5.97 Å². The van der Waals surface area contributed by atoms with Gasteiger partial charge in [0.25, 0.3) is 0 Å². The van der Waals surface area contributed by atoms with Crippen LogP contribution in [0.1, 0.15) is 12.2 Å². The zero-order valence-electron chi connectivity index (χ0n) is 13.5. The monoisotopic (exact) mass is 359 g/mol. The minimum absolute atomic E-state index is 0.176. The van der Waals surface area contributed by atoms with Crippen molar-refractivity contribution in [2.24, 2.45) is 0 Å². The number of oxazole rings is 1. The van der Waals surface area contributed by atoms with Crippen LogP contribution in [0.4, 0.5) is 4.39 Å². The van der Waals surface area contributed by atoms with Gasteiger partial charge in [0.15, 0.2) is 0 Å². The van der Waals surface area contributed by atoms with Crippen molar-refractivity contribution in [1.29, 1.82) is 0 Å². The molecule has 2 aromatic carbocycles. The summed E-state index contributed by atoms with van der Waals surface area (Å²) in [6.07, 6.45) is 0.522. The SMILES string of the molecule is COC(=O)CCc1oc(-c2ccc(F)cc2)nc1-c1ccc(Cl)cc1. The lowest BCUT2D eigenvalue weighted by molar-refractivity contribution is -0.140. The largest absolute Gasteiger partial charge is 0.469 e. The molecule has 0 fully saturated rings. The molecule has 0 saturated carbocycles. The van der Waals surface area contributed by atoms with Crippen LogP contribution >= 0.6 is 11.6 Å². The number of benzene rings is 2. The lowest BCUT2D eigenvalue weighted by Crippen LogP contribution is -2.02. The fraction of sp³-hybridized carbons (Fsp3) is 0.158. The molecule has 0 aliphatic rings. The van der Waals surface area contributed by atoms with E-state index in [1.165, 1.54) is 19.2 Å². The molecule has 0 spiro atoms. The molecule has 0 saturated heterocycles. The maximum Gasteiger partial charge on any atom is 0.305 e. The van der Waals surface area contributed by atoms with E-state index in [-0.39, 0.29) is 18.2 Å². The Labute approximate surface area is 149 Å². The highest BCUT2D eigenvalue weighted by molar-refractivity contribution is 6.30. The first kappa shape index (κ1) is 17.2. The van der Waals surface area contributed by atoms with Crippen LogP contribution in [0.15, 0.2) is 52.9 Å². The summed E-state index contributed by atoms with van der Waals surface area (Å²) < 4.78 is 23.6. The molecule has 0 bridgehead atoms. The second-order valence-corrected chi connectivity index (χ2v) is 5.82. The van der Waals surface area contributed by atoms with E-state index in [0.29, 0.717) is 34.4 Å². The molecule has 3 rings (SSSR count). The Morgan fingerprint density at radius 1 is 1.12 bits per heavy atom. The lowest BCUT2D eigenvalue weighted by atomic mass is 10.1. The number of esters is 1. The molecule has 0 radical (unpaired) electrons. The van der Waals surface area contributed by atoms with Crippen LogP contribution < -0.4 is 0 Å². The number of aryl methyl sites for hydroxylation is 1. The van der Waals surface area contributed by atoms with Gasteiger partial charge in [-0.1, -0.05) is 23.7 Å². The summed E-state index contributed by atoms with van der Waals surface area (Å²) in [5, 5.41) is 0.613. The van der Waals surface area contributed by atoms with Crippen LogP contribution in [0.5, 0.6) is 0 Å². The summed E-state index contributed by atoms with van der Waals surface area (Å²) in [5.74, 6) is 0.262. The molecular weight excluding hydrogens is 345 g/mol. The molecule has 1 heterocycles. The summed E-state index contributed by atoms with van der Waals surface area (Å²) in [7, 11) is 1.34. The van der Waals surface area contributed by atoms with Crippen molar-refractivity contribution >= 4 is 17.6 Å². The fourth-order valence-corrected chi connectivity index (χ4v) is 2.51. The number of rotatable bonds is 5. The topological polar surface area (TPSA) is 52.3 Å². The minimum Gasteiger partial charge on any atom is -0.469 e. The molecule has 6 heteroatoms. The number of ether oxygens (including phenoxy) is 1. The zero-order chi connectivity index (χ0) is 17.8. The summed E-state index contributed by atoms with van der Waals surface area (Å²) in [6.45, 7) is 0. The average Bonchev–Trinajstić information content (AvgIpc) is 3.05. The smallest absolute Gasteiger partial charge is 0.305 e. The second-order valence-electron chi connectivity index (χ2n) is 5.38. The van der Waals surface area contributed by atoms with Gasteiger partial charge in [-0.25, -0.2) is 9.37 Å². The Morgan fingerprint density at radius 2 is 1.76 bits per heavy atom. The summed E-state index contributed by atoms with van der Waals surface area (Å²) >= 11 is 5.94. The van der Waals surface area contributed by atoms with Gasteiger partial charge in [-0.05, 0) is 36.4 Å². The predicted molar refractivity (Wildman–Crippen MR) is 92.7 cm³/mol. The van der Waals surface area contributed by atoms with Gasteiger partial charge < -0.3 is 9.15 Å². The van der Waals surface area contributed by atoms with E-state index in [2.05, 4.69) is 9.72 Å². The van der Waals surface area contributed by atoms with E-state index in [1.807, 2.05) is 12.1 Å². The number of aromatic nitrogens is 1. The molecular formula is C19H15ClFNO3. The first-order valence-electron chi connectivity index (χ1n) is 7.65. The van der Waals surface area contributed by atoms with Crippen molar-refractivity contribution < 1.29 is 18.3 Å². The molecule has 25 heavy (non-hydrogen) atoms. The van der Waals surface area contributed by atoms with Gasteiger partial charge in [0.1, 0.15) is 17.3 Å². The van der Waals surface area contributed by atoms with E-state index >= 15 is 0 Å². The van der Waals surface area contributed by atoms with Crippen LogP contribution in [-0.2, 0) is 16.0 Å². The van der Waals surface area contributed by atoms with Crippen molar-refractivity contribution in [3.05, 3.63) is 65.1 Å². The third-order valence-electron chi connectivity index (χ3n) is 3.69. The first-order chi connectivity index (χ1) is 12.1. The van der Waals surface area contributed by atoms with Crippen LogP contribution in [0.25, 0.3) is 22.7 Å².